The molecule has 0 saturated heterocycles. The number of aliphatic hydroxyl groups excluding tert-OH is 2. The molecule has 3 N–H and O–H groups in total. The summed E-state index contributed by atoms with van der Waals surface area (Å²) in [6, 6.07) is 12.1. The second-order valence-electron chi connectivity index (χ2n) is 18.5. The van der Waals surface area contributed by atoms with Crippen LogP contribution in [-0.2, 0) is 16.2 Å². The highest BCUT2D eigenvalue weighted by Gasteiger charge is 2.64. The third-order valence-electron chi connectivity index (χ3n) is 13.8. The molecule has 6 rings (SSSR count). The number of unbranched alkanes of at least 4 members (excludes halogenated alkanes) is 11. The predicted octanol–water partition coefficient (Wildman–Crippen LogP) is 12.1. The first-order chi connectivity index (χ1) is 31.8. The van der Waals surface area contributed by atoms with Crippen molar-refractivity contribution >= 4 is 29.3 Å². The summed E-state index contributed by atoms with van der Waals surface area (Å²) in [6.45, 7) is 7.51. The van der Waals surface area contributed by atoms with Crippen LogP contribution in [0.25, 0.3) is 0 Å². The minimum Gasteiger partial charge on any atom is -0.460 e. The standard InChI is InChI=1S/C52H75N3O9S/c1-3-5-6-7-8-9-10-11-12-17-30-53-51(58)63-41-28-29-47-45(35-41)49-43(23-16-19-32-57)39(20-15-18-31-56)34-44-46(54-62-37-38-24-26-40(27-25-38)55(59)60)36-48(65-42-21-13-14-22-42)52(64-47,50(44)49)61-33-4-2/h4,24-29,34-35,39,42-43,48-50,56-57H,2-3,5-23,30-33,36-37H2,1H3,(H,53,58)/t39-,43+,48-,49+,50+,52+/m0/s1. The van der Waals surface area contributed by atoms with Crippen LogP contribution in [0.1, 0.15) is 159 Å². The predicted molar refractivity (Wildman–Crippen MR) is 259 cm³/mol. The summed E-state index contributed by atoms with van der Waals surface area (Å²) in [5.41, 5.74) is 3.60. The number of hydrogen-bond acceptors (Lipinski definition) is 11. The number of non-ortho nitro benzene ring substituents is 1. The molecule has 1 heterocycles. The van der Waals surface area contributed by atoms with E-state index in [0.29, 0.717) is 42.6 Å². The summed E-state index contributed by atoms with van der Waals surface area (Å²) in [4.78, 5) is 30.4. The van der Waals surface area contributed by atoms with Crippen LogP contribution >= 0.6 is 11.8 Å². The number of aliphatic hydroxyl groups is 2. The Labute approximate surface area is 391 Å². The Balaban J connectivity index is 1.32. The zero-order valence-corrected chi connectivity index (χ0v) is 39.6. The second kappa shape index (κ2) is 26.4. The number of amides is 1. The van der Waals surface area contributed by atoms with Crippen LogP contribution in [0.2, 0.25) is 0 Å². The van der Waals surface area contributed by atoms with Crippen molar-refractivity contribution in [2.75, 3.05) is 26.4 Å². The number of rotatable bonds is 29. The maximum Gasteiger partial charge on any atom is 0.412 e. The molecule has 2 fully saturated rings. The van der Waals surface area contributed by atoms with Crippen LogP contribution in [0.15, 0.2) is 71.9 Å². The van der Waals surface area contributed by atoms with Gasteiger partial charge in [-0.2, -0.15) is 0 Å². The average molecular weight is 918 g/mol. The number of thioether (sulfide) groups is 1. The fraction of sp³-hybridized carbons (Fsp3) is 0.654. The van der Waals surface area contributed by atoms with Gasteiger partial charge in [-0.1, -0.05) is 108 Å². The van der Waals surface area contributed by atoms with Crippen LogP contribution in [0.5, 0.6) is 11.5 Å². The molecule has 2 aromatic rings. The Morgan fingerprint density at radius 2 is 1.65 bits per heavy atom. The fourth-order valence-corrected chi connectivity index (χ4v) is 12.4. The molecular formula is C52H75N3O9S. The Bertz CT molecular complexity index is 1870. The van der Waals surface area contributed by atoms with Gasteiger partial charge in [0.05, 0.1) is 28.4 Å². The molecule has 0 radical (unpaired) electrons. The number of carbonyl (C=O) groups is 1. The summed E-state index contributed by atoms with van der Waals surface area (Å²) < 4.78 is 20.4. The molecule has 0 spiro atoms. The van der Waals surface area contributed by atoms with Crippen molar-refractivity contribution in [3.63, 3.8) is 0 Å². The number of nitrogens with zero attached hydrogens (tertiary/aromatic N) is 2. The molecule has 0 unspecified atom stereocenters. The van der Waals surface area contributed by atoms with Gasteiger partial charge in [-0.05, 0) is 98.2 Å². The largest absolute Gasteiger partial charge is 0.460 e. The van der Waals surface area contributed by atoms with E-state index in [1.165, 1.54) is 76.3 Å². The Kier molecular flexibility index (Phi) is 20.5. The molecule has 4 aliphatic rings. The number of fused-ring (bicyclic) bond motifs is 2. The van der Waals surface area contributed by atoms with Crippen molar-refractivity contribution in [2.24, 2.45) is 22.9 Å². The van der Waals surface area contributed by atoms with Crippen LogP contribution in [0, 0.1) is 27.9 Å². The van der Waals surface area contributed by atoms with Gasteiger partial charge in [0, 0.05) is 55.0 Å². The van der Waals surface area contributed by atoms with Gasteiger partial charge in [0.1, 0.15) is 18.1 Å². The van der Waals surface area contributed by atoms with E-state index in [1.807, 2.05) is 30.0 Å². The van der Waals surface area contributed by atoms with Gasteiger partial charge in [0.15, 0.2) is 0 Å². The number of carbonyl (C=O) groups excluding carboxylic acids is 1. The lowest BCUT2D eigenvalue weighted by Gasteiger charge is -2.58. The molecule has 1 amide bonds. The Morgan fingerprint density at radius 3 is 2.32 bits per heavy atom. The van der Waals surface area contributed by atoms with Crippen molar-refractivity contribution in [1.82, 2.24) is 5.32 Å². The number of allylic oxidation sites excluding steroid dienone is 1. The van der Waals surface area contributed by atoms with Gasteiger partial charge in [0.25, 0.3) is 5.69 Å². The lowest BCUT2D eigenvalue weighted by atomic mass is 9.56. The van der Waals surface area contributed by atoms with E-state index < -0.39 is 16.8 Å². The first-order valence-electron chi connectivity index (χ1n) is 24.9. The highest BCUT2D eigenvalue weighted by atomic mass is 32.2. The van der Waals surface area contributed by atoms with Crippen molar-refractivity contribution in [3.8, 4) is 11.5 Å². The normalized spacial score (nSPS) is 24.1. The third-order valence-corrected chi connectivity index (χ3v) is 15.5. The van der Waals surface area contributed by atoms with E-state index in [0.717, 1.165) is 73.8 Å². The average Bonchev–Trinajstić information content (AvgIpc) is 3.83. The molecule has 0 aromatic heterocycles. The molecule has 1 aliphatic heterocycles. The Morgan fingerprint density at radius 1 is 0.954 bits per heavy atom. The minimum atomic E-state index is -1.08. The lowest BCUT2D eigenvalue weighted by molar-refractivity contribution is -0.384. The van der Waals surface area contributed by atoms with Gasteiger partial charge in [-0.15, -0.1) is 18.3 Å². The number of benzene rings is 2. The molecule has 12 nitrogen and oxygen atoms in total. The van der Waals surface area contributed by atoms with Crippen LogP contribution < -0.4 is 14.8 Å². The minimum absolute atomic E-state index is 0.0188. The zero-order chi connectivity index (χ0) is 45.9. The molecule has 2 saturated carbocycles. The molecule has 13 heteroatoms. The molecule has 3 aliphatic carbocycles. The maximum atomic E-state index is 13.3. The zero-order valence-electron chi connectivity index (χ0n) is 38.8. The van der Waals surface area contributed by atoms with Gasteiger partial charge >= 0.3 is 6.09 Å². The van der Waals surface area contributed by atoms with Gasteiger partial charge in [0.2, 0.25) is 5.79 Å². The summed E-state index contributed by atoms with van der Waals surface area (Å²) >= 11 is 1.93. The smallest absolute Gasteiger partial charge is 0.412 e. The second-order valence-corrected chi connectivity index (χ2v) is 20.0. The SMILES string of the molecule is C=CCO[C@@]12Oc3ccc(OC(=O)NCCCCCCCCCCCC)cc3[C@H]3[C@H](CCCCO)[C@@H](CCCCO)C=C(C(=NOCc4ccc([N+](=O)[O-])cc4)C[C@@H]1SC1CCCC1)[C@H]32. The van der Waals surface area contributed by atoms with Crippen molar-refractivity contribution < 1.29 is 39.0 Å². The monoisotopic (exact) mass is 918 g/mol. The fourth-order valence-electron chi connectivity index (χ4n) is 10.6. The molecule has 65 heavy (non-hydrogen) atoms. The van der Waals surface area contributed by atoms with E-state index in [-0.39, 0.29) is 61.0 Å². The van der Waals surface area contributed by atoms with Crippen LogP contribution in [0.4, 0.5) is 10.5 Å². The van der Waals surface area contributed by atoms with Crippen molar-refractivity contribution in [1.29, 1.82) is 0 Å². The topological polar surface area (TPSA) is 162 Å². The van der Waals surface area contributed by atoms with Gasteiger partial charge in [-0.3, -0.25) is 10.1 Å². The Hall–Kier alpha value is -3.91. The molecule has 358 valence electrons. The number of nitro benzene ring substituents is 1. The highest BCUT2D eigenvalue weighted by molar-refractivity contribution is 8.00. The number of ether oxygens (including phenoxy) is 3. The van der Waals surface area contributed by atoms with Crippen molar-refractivity contribution in [3.05, 3.63) is 88.0 Å². The van der Waals surface area contributed by atoms with E-state index >= 15 is 0 Å². The van der Waals surface area contributed by atoms with E-state index in [4.69, 9.17) is 24.2 Å². The lowest BCUT2D eigenvalue weighted by Crippen LogP contribution is -2.64. The first-order valence-corrected chi connectivity index (χ1v) is 25.8. The van der Waals surface area contributed by atoms with Crippen LogP contribution in [-0.4, -0.2) is 69.6 Å². The highest BCUT2D eigenvalue weighted by Crippen LogP contribution is 2.63. The van der Waals surface area contributed by atoms with Gasteiger partial charge in [-0.25, -0.2) is 4.79 Å². The number of hydrogen-bond donors (Lipinski definition) is 3. The van der Waals surface area contributed by atoms with Crippen LogP contribution in [0.3, 0.4) is 0 Å². The molecular weight excluding hydrogens is 843 g/mol. The summed E-state index contributed by atoms with van der Waals surface area (Å²) in [5.74, 6) is -0.147. The third kappa shape index (κ3) is 13.8. The summed E-state index contributed by atoms with van der Waals surface area (Å²) in [7, 11) is 0. The number of nitrogens with one attached hydrogen (secondary N) is 1. The van der Waals surface area contributed by atoms with E-state index in [1.54, 1.807) is 18.2 Å². The molecule has 2 aromatic carbocycles. The van der Waals surface area contributed by atoms with Crippen molar-refractivity contribution in [2.45, 2.75) is 171 Å². The molecule has 6 atom stereocenters. The van der Waals surface area contributed by atoms with E-state index in [9.17, 15) is 25.1 Å². The maximum absolute atomic E-state index is 13.3. The number of oxime groups is 1. The molecule has 0 bridgehead atoms. The summed E-state index contributed by atoms with van der Waals surface area (Å²) in [6.07, 6.45) is 25.8. The quantitative estimate of drug-likeness (QED) is 0.0310. The first kappa shape index (κ1) is 50.5. The van der Waals surface area contributed by atoms with Gasteiger partial charge < -0.3 is 34.6 Å². The summed E-state index contributed by atoms with van der Waals surface area (Å²) in [5, 5.41) is 39.4. The van der Waals surface area contributed by atoms with E-state index in [2.05, 4.69) is 24.9 Å². The number of nitro groups is 1.